The van der Waals surface area contributed by atoms with Gasteiger partial charge in [-0.3, -0.25) is 14.0 Å². The van der Waals surface area contributed by atoms with Crippen molar-refractivity contribution in [1.82, 2.24) is 29.3 Å². The van der Waals surface area contributed by atoms with Gasteiger partial charge in [-0.05, 0) is 80.1 Å². The van der Waals surface area contributed by atoms with E-state index in [1.807, 2.05) is 20.8 Å². The molecule has 6 nitrogen and oxygen atoms in total. The Morgan fingerprint density at radius 1 is 0.618 bits per heavy atom. The molecule has 0 bridgehead atoms. The third-order valence-corrected chi connectivity index (χ3v) is 10.7. The smallest absolute Gasteiger partial charge is 0.260 e. The number of alkyl halides is 14. The fourth-order valence-electron chi connectivity index (χ4n) is 8.05. The van der Waals surface area contributed by atoms with Gasteiger partial charge in [0.1, 0.15) is 34.6 Å². The fraction of sp³-hybridized carbons (Fsp3) is 0.743. The lowest BCUT2D eigenvalue weighted by Crippen LogP contribution is -2.33. The first kappa shape index (κ1) is 41.3. The van der Waals surface area contributed by atoms with E-state index < -0.39 is 119 Å². The maximum atomic E-state index is 14.3. The summed E-state index contributed by atoms with van der Waals surface area (Å²) in [4.78, 5) is 0. The molecule has 1 unspecified atom stereocenters. The van der Waals surface area contributed by atoms with Crippen molar-refractivity contribution in [2.75, 3.05) is 0 Å². The monoisotopic (exact) mass is 810 g/mol. The molecule has 0 N–H and O–H groups in total. The van der Waals surface area contributed by atoms with Crippen LogP contribution in [-0.4, -0.2) is 29.3 Å². The van der Waals surface area contributed by atoms with E-state index >= 15 is 0 Å². The summed E-state index contributed by atoms with van der Waals surface area (Å²) in [6.45, 7) is 12.7. The predicted molar refractivity (Wildman–Crippen MR) is 168 cm³/mol. The van der Waals surface area contributed by atoms with E-state index in [4.69, 9.17) is 0 Å². The number of aromatic nitrogens is 6. The highest BCUT2D eigenvalue weighted by atomic mass is 19.4. The van der Waals surface area contributed by atoms with Crippen molar-refractivity contribution in [3.05, 3.63) is 50.9 Å². The van der Waals surface area contributed by atoms with Crippen molar-refractivity contribution in [2.45, 2.75) is 153 Å². The lowest BCUT2D eigenvalue weighted by atomic mass is 9.89. The Morgan fingerprint density at radius 3 is 1.55 bits per heavy atom. The van der Waals surface area contributed by atoms with Gasteiger partial charge in [0.2, 0.25) is 0 Å². The molecular formula is C35H40F14N6. The van der Waals surface area contributed by atoms with Gasteiger partial charge >= 0.3 is 6.18 Å². The third-order valence-electron chi connectivity index (χ3n) is 10.7. The van der Waals surface area contributed by atoms with Crippen LogP contribution in [0.2, 0.25) is 0 Å². The normalized spacial score (nSPS) is 26.3. The second-order valence-corrected chi connectivity index (χ2v) is 16.5. The molecule has 5 atom stereocenters. The molecule has 5 aliphatic rings. The molecule has 20 heteroatoms. The van der Waals surface area contributed by atoms with E-state index in [1.165, 1.54) is 25.5 Å². The summed E-state index contributed by atoms with van der Waals surface area (Å²) in [5, 5.41) is 10.8. The molecule has 3 aromatic rings. The molecule has 8 rings (SSSR count). The average Bonchev–Trinajstić information content (AvgIpc) is 3.77. The van der Waals surface area contributed by atoms with Crippen LogP contribution in [0.4, 0.5) is 61.5 Å². The van der Waals surface area contributed by atoms with E-state index in [0.717, 1.165) is 4.68 Å². The Balaban J connectivity index is 0.000000140. The third kappa shape index (κ3) is 6.51. The van der Waals surface area contributed by atoms with E-state index in [9.17, 15) is 61.5 Å². The first-order valence-electron chi connectivity index (χ1n) is 17.8. The lowest BCUT2D eigenvalue weighted by molar-refractivity contribution is -0.142. The van der Waals surface area contributed by atoms with Crippen molar-refractivity contribution in [3.8, 4) is 0 Å². The number of rotatable bonds is 4. The van der Waals surface area contributed by atoms with Gasteiger partial charge in [0, 0.05) is 47.9 Å². The Bertz CT molecular complexity index is 1920. The lowest BCUT2D eigenvalue weighted by Gasteiger charge is -2.30. The van der Waals surface area contributed by atoms with E-state index in [1.54, 1.807) is 13.8 Å². The summed E-state index contributed by atoms with van der Waals surface area (Å²) in [5.41, 5.74) is -5.45. The Morgan fingerprint density at radius 2 is 1.09 bits per heavy atom. The summed E-state index contributed by atoms with van der Waals surface area (Å²) < 4.78 is 192. The maximum Gasteiger partial charge on any atom is 0.435 e. The number of halogens is 14. The fourth-order valence-corrected chi connectivity index (χ4v) is 8.05. The molecule has 3 heterocycles. The molecule has 308 valence electrons. The number of hydrogen-bond acceptors (Lipinski definition) is 3. The topological polar surface area (TPSA) is 53.5 Å². The zero-order chi connectivity index (χ0) is 41.5. The zero-order valence-electron chi connectivity index (χ0n) is 30.9. The molecule has 2 fully saturated rings. The molecule has 0 amide bonds. The molecular weight excluding hydrogens is 770 g/mol. The minimum absolute atomic E-state index is 0.0456. The minimum atomic E-state index is -4.67. The molecule has 0 aliphatic heterocycles. The van der Waals surface area contributed by atoms with Gasteiger partial charge < -0.3 is 0 Å². The Hall–Kier alpha value is -3.35. The Kier molecular flexibility index (Phi) is 9.44. The highest BCUT2D eigenvalue weighted by Gasteiger charge is 2.69. The van der Waals surface area contributed by atoms with Crippen LogP contribution in [-0.2, 0) is 35.4 Å². The molecule has 5 aliphatic carbocycles. The molecule has 3 aromatic heterocycles. The van der Waals surface area contributed by atoms with Gasteiger partial charge in [-0.15, -0.1) is 0 Å². The van der Waals surface area contributed by atoms with Gasteiger partial charge in [-0.1, -0.05) is 0 Å². The summed E-state index contributed by atoms with van der Waals surface area (Å²) >= 11 is 0. The Labute approximate surface area is 306 Å². The van der Waals surface area contributed by atoms with Crippen molar-refractivity contribution in [1.29, 1.82) is 0 Å². The summed E-state index contributed by atoms with van der Waals surface area (Å²) in [5.74, 6) is -15.7. The van der Waals surface area contributed by atoms with Crippen LogP contribution in [0.5, 0.6) is 0 Å². The molecule has 55 heavy (non-hydrogen) atoms. The van der Waals surface area contributed by atoms with Crippen LogP contribution in [0.15, 0.2) is 0 Å². The van der Waals surface area contributed by atoms with Crippen LogP contribution in [0.25, 0.3) is 0 Å². The van der Waals surface area contributed by atoms with Gasteiger partial charge in [-0.2, -0.15) is 54.8 Å². The largest absolute Gasteiger partial charge is 0.435 e. The summed E-state index contributed by atoms with van der Waals surface area (Å²) in [6.07, 6.45) is -10.9. The van der Waals surface area contributed by atoms with Gasteiger partial charge in [-0.25, -0.2) is 22.0 Å². The number of fused-ring (bicyclic) bond motifs is 7. The summed E-state index contributed by atoms with van der Waals surface area (Å²) in [6, 6.07) is -1.22. The van der Waals surface area contributed by atoms with Crippen LogP contribution in [0, 0.1) is 11.8 Å². The van der Waals surface area contributed by atoms with Crippen molar-refractivity contribution < 1.29 is 61.5 Å². The first-order valence-corrected chi connectivity index (χ1v) is 17.8. The minimum Gasteiger partial charge on any atom is -0.260 e. The molecule has 0 saturated heterocycles. The molecule has 0 aromatic carbocycles. The predicted octanol–water partition coefficient (Wildman–Crippen LogP) is 11.9. The molecule has 0 spiro atoms. The van der Waals surface area contributed by atoms with Gasteiger partial charge in [0.15, 0.2) is 5.69 Å². The van der Waals surface area contributed by atoms with E-state index in [2.05, 4.69) is 15.3 Å². The second-order valence-electron chi connectivity index (χ2n) is 16.5. The SMILES string of the molecule is CC(C)n1nc(C(F)(F)F)c2c1C(F)(F)[C@@H]1C[C@H]21.CC(C)n1nc(C(F)F)c2c1C(F)(F)CCC2(F)F.CC(F)c1nn(C(C)(C)C)c2c1[C@H]1C[C@H]1C2(F)F. The number of hydrogen-bond donors (Lipinski definition) is 0. The van der Waals surface area contributed by atoms with Crippen LogP contribution < -0.4 is 0 Å². The first-order chi connectivity index (χ1) is 24.9. The highest BCUT2D eigenvalue weighted by molar-refractivity contribution is 5.48. The quantitative estimate of drug-likeness (QED) is 0.247. The molecule has 0 radical (unpaired) electrons. The van der Waals surface area contributed by atoms with E-state index in [-0.39, 0.29) is 29.3 Å². The van der Waals surface area contributed by atoms with E-state index in [0.29, 0.717) is 16.7 Å². The molecule has 2 saturated carbocycles. The standard InChI is InChI=1S/C13H17F3N2.C11H12F6N2.C11H11F5N2/c1-6(14)10-9-7-5-8(7)13(15,16)11(9)18(17-10)12(2,3)4;1-5(2)19-8-6(7(18-19)9(12)13)10(14,15)3-4-11(8,16)17;1-4(2)18-9-7(8(17-18)11(14,15)16)5-3-6(5)10(9,12)13/h6-8H,5H2,1-4H3;5,9H,3-4H2,1-2H3;4-6H,3H2,1-2H3/t6?,7-,8+;;5-,6+/m0.0/s1. The highest BCUT2D eigenvalue weighted by Crippen LogP contribution is 2.69. The van der Waals surface area contributed by atoms with Crippen LogP contribution >= 0.6 is 0 Å². The van der Waals surface area contributed by atoms with Gasteiger partial charge in [0.05, 0.1) is 11.1 Å². The number of nitrogens with zero attached hydrogens (tertiary/aromatic N) is 6. The average molecular weight is 811 g/mol. The zero-order valence-corrected chi connectivity index (χ0v) is 30.9. The second kappa shape index (κ2) is 12.6. The maximum absolute atomic E-state index is 14.3. The van der Waals surface area contributed by atoms with Crippen LogP contribution in [0.3, 0.4) is 0 Å². The van der Waals surface area contributed by atoms with Crippen molar-refractivity contribution in [3.63, 3.8) is 0 Å². The summed E-state index contributed by atoms with van der Waals surface area (Å²) in [7, 11) is 0. The van der Waals surface area contributed by atoms with Crippen LogP contribution in [0.1, 0.15) is 168 Å². The van der Waals surface area contributed by atoms with Crippen molar-refractivity contribution >= 4 is 0 Å². The van der Waals surface area contributed by atoms with Gasteiger partial charge in [0.25, 0.3) is 30.1 Å². The van der Waals surface area contributed by atoms with Crippen molar-refractivity contribution in [2.24, 2.45) is 11.8 Å².